The van der Waals surface area contributed by atoms with E-state index in [1.54, 1.807) is 7.11 Å². The van der Waals surface area contributed by atoms with E-state index in [1.807, 2.05) is 32.0 Å². The smallest absolute Gasteiger partial charge is 0.165 e. The van der Waals surface area contributed by atoms with Gasteiger partial charge in [-0.15, -0.1) is 0 Å². The molecule has 0 N–H and O–H groups in total. The molecular weight excluding hydrogens is 216 g/mol. The number of fused-ring (bicyclic) bond motifs is 1. The highest BCUT2D eigenvalue weighted by Crippen LogP contribution is 2.27. The van der Waals surface area contributed by atoms with E-state index < -0.39 is 5.60 Å². The third kappa shape index (κ3) is 2.67. The lowest BCUT2D eigenvalue weighted by Gasteiger charge is -2.21. The van der Waals surface area contributed by atoms with Crippen LogP contribution in [0.15, 0.2) is 18.2 Å². The fourth-order valence-electron chi connectivity index (χ4n) is 1.92. The van der Waals surface area contributed by atoms with Gasteiger partial charge in [0.1, 0.15) is 5.75 Å². The molecule has 2 rings (SSSR count). The Morgan fingerprint density at radius 1 is 1.47 bits per heavy atom. The van der Waals surface area contributed by atoms with Crippen molar-refractivity contribution in [2.24, 2.45) is 0 Å². The average molecular weight is 234 g/mol. The fourth-order valence-corrected chi connectivity index (χ4v) is 1.92. The molecule has 3 heteroatoms. The zero-order valence-electron chi connectivity index (χ0n) is 10.6. The Morgan fingerprint density at radius 3 is 2.94 bits per heavy atom. The summed E-state index contributed by atoms with van der Waals surface area (Å²) in [5.74, 6) is 1.03. The van der Waals surface area contributed by atoms with Crippen molar-refractivity contribution in [3.63, 3.8) is 0 Å². The van der Waals surface area contributed by atoms with Crippen LogP contribution in [-0.4, -0.2) is 25.1 Å². The van der Waals surface area contributed by atoms with Gasteiger partial charge in [0.15, 0.2) is 5.78 Å². The van der Waals surface area contributed by atoms with Crippen LogP contribution >= 0.6 is 0 Å². The summed E-state index contributed by atoms with van der Waals surface area (Å²) in [6.07, 6.45) is 1.28. The van der Waals surface area contributed by atoms with Gasteiger partial charge < -0.3 is 9.47 Å². The van der Waals surface area contributed by atoms with Crippen molar-refractivity contribution in [3.8, 4) is 5.75 Å². The van der Waals surface area contributed by atoms with Crippen LogP contribution in [-0.2, 0) is 11.2 Å². The van der Waals surface area contributed by atoms with Crippen molar-refractivity contribution in [2.75, 3.05) is 13.7 Å². The van der Waals surface area contributed by atoms with Crippen LogP contribution in [0.25, 0.3) is 0 Å². The molecule has 0 saturated heterocycles. The number of rotatable bonds is 4. The van der Waals surface area contributed by atoms with Crippen LogP contribution in [0.3, 0.4) is 0 Å². The van der Waals surface area contributed by atoms with Crippen molar-refractivity contribution in [3.05, 3.63) is 29.3 Å². The van der Waals surface area contributed by atoms with Gasteiger partial charge in [0.2, 0.25) is 0 Å². The van der Waals surface area contributed by atoms with Crippen molar-refractivity contribution in [1.29, 1.82) is 0 Å². The first-order chi connectivity index (χ1) is 8.02. The van der Waals surface area contributed by atoms with E-state index in [-0.39, 0.29) is 5.78 Å². The lowest BCUT2D eigenvalue weighted by Crippen LogP contribution is -2.26. The van der Waals surface area contributed by atoms with E-state index in [2.05, 4.69) is 0 Å². The molecule has 0 fully saturated rings. The summed E-state index contributed by atoms with van der Waals surface area (Å²) < 4.78 is 10.7. The summed E-state index contributed by atoms with van der Waals surface area (Å²) >= 11 is 0. The number of carbonyl (C=O) groups is 1. The maximum Gasteiger partial charge on any atom is 0.165 e. The van der Waals surface area contributed by atoms with Gasteiger partial charge in [0.25, 0.3) is 0 Å². The predicted octanol–water partition coefficient (Wildman–Crippen LogP) is 2.62. The van der Waals surface area contributed by atoms with Gasteiger partial charge in [-0.2, -0.15) is 0 Å². The maximum atomic E-state index is 12.1. The number of benzene rings is 1. The number of Topliss-reactive ketones (excluding diaryl/α,β-unsaturated/α-hetero) is 1. The standard InChI is InChI=1S/C14H18O3/c1-14(2,16-3)9-12(15)10-4-5-13-11(8-10)6-7-17-13/h4-5,8H,6-7,9H2,1-3H3. The molecule has 1 aromatic rings. The molecule has 17 heavy (non-hydrogen) atoms. The van der Waals surface area contributed by atoms with E-state index in [1.165, 1.54) is 0 Å². The number of carbonyl (C=O) groups excluding carboxylic acids is 1. The van der Waals surface area contributed by atoms with Crippen LogP contribution in [0.2, 0.25) is 0 Å². The summed E-state index contributed by atoms with van der Waals surface area (Å²) in [7, 11) is 1.63. The van der Waals surface area contributed by atoms with E-state index in [0.29, 0.717) is 6.42 Å². The van der Waals surface area contributed by atoms with Crippen LogP contribution in [0, 0.1) is 0 Å². The van der Waals surface area contributed by atoms with Crippen molar-refractivity contribution in [2.45, 2.75) is 32.3 Å². The minimum atomic E-state index is -0.410. The van der Waals surface area contributed by atoms with Gasteiger partial charge in [-0.25, -0.2) is 0 Å². The molecule has 0 aliphatic carbocycles. The number of ether oxygens (including phenoxy) is 2. The van der Waals surface area contributed by atoms with Gasteiger partial charge in [-0.05, 0) is 37.6 Å². The summed E-state index contributed by atoms with van der Waals surface area (Å²) in [5.41, 5.74) is 1.47. The third-order valence-corrected chi connectivity index (χ3v) is 3.15. The van der Waals surface area contributed by atoms with Crippen molar-refractivity contribution in [1.82, 2.24) is 0 Å². The molecule has 0 spiro atoms. The zero-order chi connectivity index (χ0) is 12.5. The van der Waals surface area contributed by atoms with Gasteiger partial charge >= 0.3 is 0 Å². The summed E-state index contributed by atoms with van der Waals surface area (Å²) in [6, 6.07) is 5.66. The van der Waals surface area contributed by atoms with E-state index in [0.717, 1.165) is 29.9 Å². The number of hydrogen-bond acceptors (Lipinski definition) is 3. The Kier molecular flexibility index (Phi) is 3.20. The minimum absolute atomic E-state index is 0.117. The summed E-state index contributed by atoms with van der Waals surface area (Å²) in [5, 5.41) is 0. The molecule has 1 heterocycles. The zero-order valence-corrected chi connectivity index (χ0v) is 10.6. The van der Waals surface area contributed by atoms with Gasteiger partial charge in [-0.1, -0.05) is 0 Å². The lowest BCUT2D eigenvalue weighted by atomic mass is 9.96. The second kappa shape index (κ2) is 4.49. The van der Waals surface area contributed by atoms with Crippen molar-refractivity contribution < 1.29 is 14.3 Å². The first kappa shape index (κ1) is 12.1. The Hall–Kier alpha value is -1.35. The van der Waals surface area contributed by atoms with Gasteiger partial charge in [-0.3, -0.25) is 4.79 Å². The quantitative estimate of drug-likeness (QED) is 0.751. The molecule has 3 nitrogen and oxygen atoms in total. The van der Waals surface area contributed by atoms with E-state index >= 15 is 0 Å². The lowest BCUT2D eigenvalue weighted by molar-refractivity contribution is 0.0172. The largest absolute Gasteiger partial charge is 0.493 e. The molecule has 0 bridgehead atoms. The number of methoxy groups -OCH3 is 1. The van der Waals surface area contributed by atoms with Crippen LogP contribution in [0.1, 0.15) is 36.2 Å². The SMILES string of the molecule is COC(C)(C)CC(=O)c1ccc2c(c1)CCO2. The van der Waals surface area contributed by atoms with Crippen LogP contribution in [0.4, 0.5) is 0 Å². The molecular formula is C14H18O3. The maximum absolute atomic E-state index is 12.1. The minimum Gasteiger partial charge on any atom is -0.493 e. The predicted molar refractivity (Wildman–Crippen MR) is 65.7 cm³/mol. The Labute approximate surface area is 102 Å². The highest BCUT2D eigenvalue weighted by Gasteiger charge is 2.23. The van der Waals surface area contributed by atoms with Crippen molar-refractivity contribution >= 4 is 5.78 Å². The molecule has 1 aliphatic rings. The number of hydrogen-bond donors (Lipinski definition) is 0. The van der Waals surface area contributed by atoms with Crippen LogP contribution in [0.5, 0.6) is 5.75 Å². The first-order valence-corrected chi connectivity index (χ1v) is 5.86. The highest BCUT2D eigenvalue weighted by atomic mass is 16.5. The number of ketones is 1. The molecule has 0 unspecified atom stereocenters. The normalized spacial score (nSPS) is 14.3. The molecule has 0 amide bonds. The third-order valence-electron chi connectivity index (χ3n) is 3.15. The van der Waals surface area contributed by atoms with Crippen LogP contribution < -0.4 is 4.74 Å². The second-order valence-corrected chi connectivity index (χ2v) is 4.98. The Bertz CT molecular complexity index is 435. The topological polar surface area (TPSA) is 35.5 Å². The molecule has 0 aromatic heterocycles. The molecule has 92 valence electrons. The van der Waals surface area contributed by atoms with E-state index in [4.69, 9.17) is 9.47 Å². The van der Waals surface area contributed by atoms with Gasteiger partial charge in [0.05, 0.1) is 12.2 Å². The summed E-state index contributed by atoms with van der Waals surface area (Å²) in [6.45, 7) is 4.55. The molecule has 0 saturated carbocycles. The Balaban J connectivity index is 2.15. The average Bonchev–Trinajstić information content (AvgIpc) is 2.75. The Morgan fingerprint density at radius 2 is 2.24 bits per heavy atom. The molecule has 1 aromatic carbocycles. The first-order valence-electron chi connectivity index (χ1n) is 5.86. The fraction of sp³-hybridized carbons (Fsp3) is 0.500. The molecule has 1 aliphatic heterocycles. The monoisotopic (exact) mass is 234 g/mol. The van der Waals surface area contributed by atoms with E-state index in [9.17, 15) is 4.79 Å². The molecule has 0 atom stereocenters. The highest BCUT2D eigenvalue weighted by molar-refractivity contribution is 5.97. The second-order valence-electron chi connectivity index (χ2n) is 4.98. The van der Waals surface area contributed by atoms with Gasteiger partial charge in [0, 0.05) is 25.5 Å². The summed E-state index contributed by atoms with van der Waals surface area (Å²) in [4.78, 5) is 12.1. The molecule has 0 radical (unpaired) electrons.